The lowest BCUT2D eigenvalue weighted by molar-refractivity contribution is -0.133. The van der Waals surface area contributed by atoms with E-state index in [2.05, 4.69) is 25.8 Å². The second-order valence-corrected chi connectivity index (χ2v) is 9.45. The van der Waals surface area contributed by atoms with Crippen LogP contribution < -0.4 is 10.6 Å². The maximum atomic E-state index is 14.3. The Kier molecular flexibility index (Phi) is 6.34. The molecule has 2 N–H and O–H groups in total. The lowest BCUT2D eigenvalue weighted by Gasteiger charge is -2.44. The number of likely N-dealkylation sites (tertiary alicyclic amines) is 1. The zero-order valence-electron chi connectivity index (χ0n) is 19.7. The van der Waals surface area contributed by atoms with Crippen LogP contribution in [-0.4, -0.2) is 63.7 Å². The van der Waals surface area contributed by atoms with Gasteiger partial charge in [-0.1, -0.05) is 12.1 Å². The summed E-state index contributed by atoms with van der Waals surface area (Å²) < 4.78 is 28.1. The third-order valence-electron chi connectivity index (χ3n) is 6.84. The van der Waals surface area contributed by atoms with E-state index in [0.29, 0.717) is 30.2 Å². The lowest BCUT2D eigenvalue weighted by Crippen LogP contribution is -2.60. The molecule has 1 saturated carbocycles. The van der Waals surface area contributed by atoms with Gasteiger partial charge in [-0.15, -0.1) is 10.2 Å². The number of hydrogen-bond donors (Lipinski definition) is 2. The van der Waals surface area contributed by atoms with E-state index < -0.39 is 17.4 Å². The number of halogens is 2. The number of anilines is 1. The molecule has 1 aliphatic heterocycles. The fraction of sp³-hybridized carbons (Fsp3) is 0.346. The minimum Gasteiger partial charge on any atom is -0.368 e. The van der Waals surface area contributed by atoms with Crippen LogP contribution in [0.5, 0.6) is 0 Å². The van der Waals surface area contributed by atoms with Crippen molar-refractivity contribution in [3.05, 3.63) is 71.8 Å². The fourth-order valence-electron chi connectivity index (χ4n) is 4.74. The van der Waals surface area contributed by atoms with Crippen molar-refractivity contribution in [3.8, 4) is 11.3 Å². The highest BCUT2D eigenvalue weighted by Gasteiger charge is 2.48. The fourth-order valence-corrected chi connectivity index (χ4v) is 4.74. The Balaban J connectivity index is 1.23. The molecular weight excluding hydrogens is 466 g/mol. The van der Waals surface area contributed by atoms with Crippen LogP contribution in [0.3, 0.4) is 0 Å². The molecule has 8 nitrogen and oxygen atoms in total. The van der Waals surface area contributed by atoms with E-state index in [1.807, 2.05) is 6.07 Å². The van der Waals surface area contributed by atoms with Gasteiger partial charge >= 0.3 is 0 Å². The van der Waals surface area contributed by atoms with Crippen LogP contribution in [0, 0.1) is 5.82 Å². The molecule has 1 saturated heterocycles. The van der Waals surface area contributed by atoms with Crippen LogP contribution in [0.15, 0.2) is 54.7 Å². The summed E-state index contributed by atoms with van der Waals surface area (Å²) in [6, 6.07) is 13.4. The van der Waals surface area contributed by atoms with Crippen LogP contribution in [-0.2, 0) is 10.2 Å². The van der Waals surface area contributed by atoms with Crippen molar-refractivity contribution in [2.75, 3.05) is 25.0 Å². The second kappa shape index (κ2) is 9.60. The largest absolute Gasteiger partial charge is 0.368 e. The second-order valence-electron chi connectivity index (χ2n) is 9.45. The van der Waals surface area contributed by atoms with Crippen molar-refractivity contribution < 1.29 is 18.4 Å². The molecule has 2 amide bonds. The Labute approximate surface area is 207 Å². The van der Waals surface area contributed by atoms with Crippen molar-refractivity contribution in [1.29, 1.82) is 0 Å². The highest BCUT2D eigenvalue weighted by molar-refractivity contribution is 5.95. The molecule has 0 spiro atoms. The number of benzene rings is 1. The van der Waals surface area contributed by atoms with Gasteiger partial charge in [0.25, 0.3) is 5.91 Å². The molecule has 3 aromatic rings. The first-order valence-corrected chi connectivity index (χ1v) is 11.8. The number of pyridine rings is 1. The zero-order valence-corrected chi connectivity index (χ0v) is 19.7. The van der Waals surface area contributed by atoms with Gasteiger partial charge in [0, 0.05) is 49.3 Å². The van der Waals surface area contributed by atoms with Gasteiger partial charge in [-0.3, -0.25) is 14.6 Å². The molecule has 0 atom stereocenters. The first kappa shape index (κ1) is 23.8. The number of carbonyl (C=O) groups is 2. The van der Waals surface area contributed by atoms with E-state index in [9.17, 15) is 18.4 Å². The van der Waals surface area contributed by atoms with E-state index in [4.69, 9.17) is 0 Å². The van der Waals surface area contributed by atoms with Crippen LogP contribution in [0.1, 0.15) is 35.8 Å². The predicted octanol–water partition coefficient (Wildman–Crippen LogP) is 3.12. The van der Waals surface area contributed by atoms with E-state index in [0.717, 1.165) is 5.56 Å². The van der Waals surface area contributed by atoms with Crippen molar-refractivity contribution in [1.82, 2.24) is 25.4 Å². The standard InChI is InChI=1S/C26H26F2N6O2/c1-16(35)34-13-20(14-34)31-25(36)18-5-2-4-17(10-18)22-7-8-23(33-32-22)30-15-26(11-19(27)12-26)24-21(28)6-3-9-29-24/h2-10,19-20H,11-15H2,1H3,(H,30,33)(H,31,36)/t19-,26-. The Morgan fingerprint density at radius 2 is 1.92 bits per heavy atom. The zero-order chi connectivity index (χ0) is 25.3. The molecule has 0 radical (unpaired) electrons. The van der Waals surface area contributed by atoms with E-state index in [-0.39, 0.29) is 42.9 Å². The van der Waals surface area contributed by atoms with Gasteiger partial charge in [-0.25, -0.2) is 8.78 Å². The SMILES string of the molecule is CC(=O)N1CC(NC(=O)c2cccc(-c3ccc(NC[C@]4(c5ncccc5F)C[C@H](F)C4)nn3)c2)C1. The Morgan fingerprint density at radius 1 is 1.11 bits per heavy atom. The van der Waals surface area contributed by atoms with Gasteiger partial charge < -0.3 is 15.5 Å². The summed E-state index contributed by atoms with van der Waals surface area (Å²) in [5.74, 6) is -0.178. The molecule has 36 heavy (non-hydrogen) atoms. The summed E-state index contributed by atoms with van der Waals surface area (Å²) in [6.45, 7) is 2.82. The van der Waals surface area contributed by atoms with Crippen molar-refractivity contribution >= 4 is 17.6 Å². The average Bonchev–Trinajstić information content (AvgIpc) is 2.83. The number of alkyl halides is 1. The number of rotatable bonds is 7. The number of hydrogen-bond acceptors (Lipinski definition) is 6. The van der Waals surface area contributed by atoms with Crippen LogP contribution in [0.2, 0.25) is 0 Å². The molecule has 0 unspecified atom stereocenters. The van der Waals surface area contributed by atoms with Crippen molar-refractivity contribution in [2.45, 2.75) is 37.4 Å². The average molecular weight is 493 g/mol. The summed E-state index contributed by atoms with van der Waals surface area (Å²) in [5, 5.41) is 14.6. The van der Waals surface area contributed by atoms with E-state index >= 15 is 0 Å². The van der Waals surface area contributed by atoms with Gasteiger partial charge in [0.1, 0.15) is 17.8 Å². The number of aromatic nitrogens is 3. The third-order valence-corrected chi connectivity index (χ3v) is 6.84. The Bertz CT molecular complexity index is 1270. The van der Waals surface area contributed by atoms with Gasteiger partial charge in [-0.05, 0) is 49.2 Å². The van der Waals surface area contributed by atoms with Gasteiger partial charge in [0.05, 0.1) is 17.4 Å². The van der Waals surface area contributed by atoms with Crippen LogP contribution in [0.25, 0.3) is 11.3 Å². The summed E-state index contributed by atoms with van der Waals surface area (Å²) in [4.78, 5) is 29.8. The third kappa shape index (κ3) is 4.75. The molecule has 10 heteroatoms. The minimum atomic E-state index is -0.983. The number of carbonyl (C=O) groups excluding carboxylic acids is 2. The highest BCUT2D eigenvalue weighted by atomic mass is 19.1. The van der Waals surface area contributed by atoms with Crippen LogP contribution in [0.4, 0.5) is 14.6 Å². The minimum absolute atomic E-state index is 0.00244. The van der Waals surface area contributed by atoms with E-state index in [1.54, 1.807) is 35.2 Å². The smallest absolute Gasteiger partial charge is 0.251 e. The van der Waals surface area contributed by atoms with Crippen molar-refractivity contribution in [3.63, 3.8) is 0 Å². The monoisotopic (exact) mass is 492 g/mol. The first-order chi connectivity index (χ1) is 17.3. The molecule has 5 rings (SSSR count). The Morgan fingerprint density at radius 3 is 2.58 bits per heavy atom. The van der Waals surface area contributed by atoms with Crippen LogP contribution >= 0.6 is 0 Å². The number of amides is 2. The predicted molar refractivity (Wildman–Crippen MR) is 129 cm³/mol. The molecule has 2 aliphatic rings. The van der Waals surface area contributed by atoms with Gasteiger partial charge in [-0.2, -0.15) is 0 Å². The number of nitrogens with zero attached hydrogens (tertiary/aromatic N) is 4. The topological polar surface area (TPSA) is 100 Å². The summed E-state index contributed by atoms with van der Waals surface area (Å²) in [6.07, 6.45) is 0.925. The van der Waals surface area contributed by atoms with Gasteiger partial charge in [0.2, 0.25) is 5.91 Å². The summed E-state index contributed by atoms with van der Waals surface area (Å²) >= 11 is 0. The molecule has 186 valence electrons. The summed E-state index contributed by atoms with van der Waals surface area (Å²) in [7, 11) is 0. The number of nitrogens with one attached hydrogen (secondary N) is 2. The molecule has 2 aromatic heterocycles. The maximum absolute atomic E-state index is 14.3. The summed E-state index contributed by atoms with van der Waals surface area (Å²) in [5.41, 5.74) is 1.34. The van der Waals surface area contributed by atoms with Crippen molar-refractivity contribution in [2.24, 2.45) is 0 Å². The maximum Gasteiger partial charge on any atom is 0.251 e. The molecule has 3 heterocycles. The molecule has 1 aliphatic carbocycles. The van der Waals surface area contributed by atoms with Gasteiger partial charge in [0.15, 0.2) is 0 Å². The molecule has 1 aromatic carbocycles. The molecule has 0 bridgehead atoms. The Hall–Kier alpha value is -3.95. The molecule has 2 fully saturated rings. The normalized spacial score (nSPS) is 21.3. The first-order valence-electron chi connectivity index (χ1n) is 11.8. The highest BCUT2D eigenvalue weighted by Crippen LogP contribution is 2.45. The van der Waals surface area contributed by atoms with E-state index in [1.165, 1.54) is 25.3 Å². The molecular formula is C26H26F2N6O2. The lowest BCUT2D eigenvalue weighted by atomic mass is 9.65. The quantitative estimate of drug-likeness (QED) is 0.526.